The van der Waals surface area contributed by atoms with Crippen LogP contribution in [0.4, 0.5) is 0 Å². The van der Waals surface area contributed by atoms with E-state index in [9.17, 15) is 4.79 Å². The number of carbonyl (C=O) groups is 1. The lowest BCUT2D eigenvalue weighted by Gasteiger charge is -2.36. The smallest absolute Gasteiger partial charge is 0.255 e. The highest BCUT2D eigenvalue weighted by atomic mass is 16.5. The van der Waals surface area contributed by atoms with Gasteiger partial charge >= 0.3 is 0 Å². The number of aromatic nitrogens is 1. The summed E-state index contributed by atoms with van der Waals surface area (Å²) in [4.78, 5) is 18.4. The molecule has 1 aliphatic rings. The maximum atomic E-state index is 12.5. The van der Waals surface area contributed by atoms with Crippen molar-refractivity contribution in [3.8, 4) is 11.8 Å². The molecule has 0 radical (unpaired) electrons. The molecule has 1 aliphatic heterocycles. The van der Waals surface area contributed by atoms with Crippen molar-refractivity contribution < 1.29 is 9.53 Å². The first-order valence-corrected chi connectivity index (χ1v) is 6.68. The zero-order chi connectivity index (χ0) is 14.5. The second kappa shape index (κ2) is 6.51. The monoisotopic (exact) mass is 273 g/mol. The standard InChI is InChI=1S/C15H19N3O2/c1-11-10-20-12(2)9-18(11)15(19)14-6-13(4-3-5-16)7-17-8-14/h6-8,11-12H,5,9-10,16H2,1-2H3. The summed E-state index contributed by atoms with van der Waals surface area (Å²) in [6, 6.07) is 1.82. The fraction of sp³-hybridized carbons (Fsp3) is 0.467. The van der Waals surface area contributed by atoms with E-state index >= 15 is 0 Å². The van der Waals surface area contributed by atoms with Gasteiger partial charge in [-0.2, -0.15) is 0 Å². The minimum absolute atomic E-state index is 0.0310. The van der Waals surface area contributed by atoms with E-state index in [4.69, 9.17) is 10.5 Å². The van der Waals surface area contributed by atoms with Gasteiger partial charge in [0.25, 0.3) is 5.91 Å². The third kappa shape index (κ3) is 3.35. The molecule has 2 heterocycles. The SMILES string of the molecule is CC1CN(C(=O)c2cncc(C#CCN)c2)C(C)CO1. The average molecular weight is 273 g/mol. The maximum Gasteiger partial charge on any atom is 0.255 e. The Morgan fingerprint density at radius 3 is 3.10 bits per heavy atom. The van der Waals surface area contributed by atoms with E-state index in [1.807, 2.05) is 18.7 Å². The second-order valence-corrected chi connectivity index (χ2v) is 4.92. The Kier molecular flexibility index (Phi) is 4.72. The lowest BCUT2D eigenvalue weighted by Crippen LogP contribution is -2.50. The second-order valence-electron chi connectivity index (χ2n) is 4.92. The predicted molar refractivity (Wildman–Crippen MR) is 76.1 cm³/mol. The van der Waals surface area contributed by atoms with Gasteiger partial charge in [0.1, 0.15) is 0 Å². The van der Waals surface area contributed by atoms with E-state index in [0.29, 0.717) is 24.3 Å². The van der Waals surface area contributed by atoms with Crippen LogP contribution in [0.25, 0.3) is 0 Å². The van der Waals surface area contributed by atoms with Crippen molar-refractivity contribution in [2.75, 3.05) is 19.7 Å². The Hall–Kier alpha value is -1.90. The zero-order valence-electron chi connectivity index (χ0n) is 11.8. The highest BCUT2D eigenvalue weighted by molar-refractivity contribution is 5.94. The molecule has 2 unspecified atom stereocenters. The van der Waals surface area contributed by atoms with E-state index < -0.39 is 0 Å². The van der Waals surface area contributed by atoms with E-state index in [0.717, 1.165) is 0 Å². The molecular weight excluding hydrogens is 254 g/mol. The van der Waals surface area contributed by atoms with Crippen molar-refractivity contribution in [1.82, 2.24) is 9.88 Å². The highest BCUT2D eigenvalue weighted by Crippen LogP contribution is 2.15. The molecule has 20 heavy (non-hydrogen) atoms. The van der Waals surface area contributed by atoms with Gasteiger partial charge in [-0.25, -0.2) is 0 Å². The largest absolute Gasteiger partial charge is 0.375 e. The van der Waals surface area contributed by atoms with Crippen molar-refractivity contribution in [3.05, 3.63) is 29.6 Å². The molecule has 2 rings (SSSR count). The van der Waals surface area contributed by atoms with E-state index in [1.165, 1.54) is 0 Å². The van der Waals surface area contributed by atoms with Gasteiger partial charge in [-0.15, -0.1) is 0 Å². The van der Waals surface area contributed by atoms with Gasteiger partial charge in [0.15, 0.2) is 0 Å². The molecule has 0 spiro atoms. The Morgan fingerprint density at radius 2 is 2.35 bits per heavy atom. The summed E-state index contributed by atoms with van der Waals surface area (Å²) in [6.45, 7) is 5.39. The molecule has 5 nitrogen and oxygen atoms in total. The van der Waals surface area contributed by atoms with Crippen LogP contribution in [0.5, 0.6) is 0 Å². The molecule has 1 aromatic rings. The first-order chi connectivity index (χ1) is 9.61. The van der Waals surface area contributed by atoms with Gasteiger partial charge in [0, 0.05) is 24.5 Å². The van der Waals surface area contributed by atoms with Crippen molar-refractivity contribution in [1.29, 1.82) is 0 Å². The third-order valence-electron chi connectivity index (χ3n) is 3.19. The average Bonchev–Trinajstić information content (AvgIpc) is 2.47. The topological polar surface area (TPSA) is 68.5 Å². The van der Waals surface area contributed by atoms with Crippen LogP contribution in [-0.4, -0.2) is 47.6 Å². The van der Waals surface area contributed by atoms with E-state index in [-0.39, 0.29) is 24.6 Å². The molecule has 2 N–H and O–H groups in total. The number of nitrogens with two attached hydrogens (primary N) is 1. The molecule has 1 saturated heterocycles. The lowest BCUT2D eigenvalue weighted by molar-refractivity contribution is -0.0387. The van der Waals surface area contributed by atoms with Crippen LogP contribution in [-0.2, 0) is 4.74 Å². The van der Waals surface area contributed by atoms with E-state index in [1.54, 1.807) is 18.5 Å². The quantitative estimate of drug-likeness (QED) is 0.763. The van der Waals surface area contributed by atoms with E-state index in [2.05, 4.69) is 16.8 Å². The molecular formula is C15H19N3O2. The molecule has 2 atom stereocenters. The normalized spacial score (nSPS) is 22.1. The molecule has 106 valence electrons. The molecule has 0 aromatic carbocycles. The molecule has 1 amide bonds. The van der Waals surface area contributed by atoms with Crippen LogP contribution in [0.2, 0.25) is 0 Å². The first kappa shape index (κ1) is 14.5. The fourth-order valence-corrected chi connectivity index (χ4v) is 2.13. The minimum Gasteiger partial charge on any atom is -0.375 e. The minimum atomic E-state index is -0.0310. The summed E-state index contributed by atoms with van der Waals surface area (Å²) in [6.07, 6.45) is 3.26. The van der Waals surface area contributed by atoms with Crippen molar-refractivity contribution >= 4 is 5.91 Å². The van der Waals surface area contributed by atoms with Gasteiger partial charge < -0.3 is 15.4 Å². The Labute approximate surface area is 119 Å². The molecule has 1 fully saturated rings. The number of carbonyl (C=O) groups excluding carboxylic acids is 1. The van der Waals surface area contributed by atoms with Gasteiger partial charge in [-0.1, -0.05) is 11.8 Å². The van der Waals surface area contributed by atoms with Gasteiger partial charge in [0.2, 0.25) is 0 Å². The Bertz CT molecular complexity index is 548. The summed E-state index contributed by atoms with van der Waals surface area (Å²) in [7, 11) is 0. The number of rotatable bonds is 1. The molecule has 0 bridgehead atoms. The maximum absolute atomic E-state index is 12.5. The van der Waals surface area contributed by atoms with Gasteiger partial charge in [-0.05, 0) is 19.9 Å². The molecule has 0 saturated carbocycles. The van der Waals surface area contributed by atoms with Gasteiger partial charge in [0.05, 0.1) is 30.9 Å². The van der Waals surface area contributed by atoms with Crippen molar-refractivity contribution in [2.24, 2.45) is 5.73 Å². The summed E-state index contributed by atoms with van der Waals surface area (Å²) < 4.78 is 5.54. The van der Waals surface area contributed by atoms with Crippen LogP contribution in [0.1, 0.15) is 29.8 Å². The summed E-state index contributed by atoms with van der Waals surface area (Å²) in [5, 5.41) is 0. The van der Waals surface area contributed by atoms with Gasteiger partial charge in [-0.3, -0.25) is 9.78 Å². The molecule has 0 aliphatic carbocycles. The number of hydrogen-bond donors (Lipinski definition) is 1. The third-order valence-corrected chi connectivity index (χ3v) is 3.19. The number of ether oxygens (including phenoxy) is 1. The van der Waals surface area contributed by atoms with Crippen molar-refractivity contribution in [2.45, 2.75) is 26.0 Å². The van der Waals surface area contributed by atoms with Crippen LogP contribution in [0.15, 0.2) is 18.5 Å². The summed E-state index contributed by atoms with van der Waals surface area (Å²) >= 11 is 0. The summed E-state index contributed by atoms with van der Waals surface area (Å²) in [5.41, 5.74) is 6.60. The van der Waals surface area contributed by atoms with Crippen LogP contribution in [0, 0.1) is 11.8 Å². The van der Waals surface area contributed by atoms with Crippen LogP contribution in [0.3, 0.4) is 0 Å². The number of nitrogens with zero attached hydrogens (tertiary/aromatic N) is 2. The number of amides is 1. The molecule has 5 heteroatoms. The van der Waals surface area contributed by atoms with Crippen LogP contribution >= 0.6 is 0 Å². The zero-order valence-corrected chi connectivity index (χ0v) is 11.8. The number of pyridine rings is 1. The fourth-order valence-electron chi connectivity index (χ4n) is 2.13. The Balaban J connectivity index is 2.20. The molecule has 1 aromatic heterocycles. The Morgan fingerprint density at radius 1 is 1.55 bits per heavy atom. The summed E-state index contributed by atoms with van der Waals surface area (Å²) in [5.74, 6) is 5.62. The van der Waals surface area contributed by atoms with Crippen molar-refractivity contribution in [3.63, 3.8) is 0 Å². The highest BCUT2D eigenvalue weighted by Gasteiger charge is 2.28. The predicted octanol–water partition coefficient (Wildman–Crippen LogP) is 0.641. The first-order valence-electron chi connectivity index (χ1n) is 6.68. The number of hydrogen-bond acceptors (Lipinski definition) is 4. The lowest BCUT2D eigenvalue weighted by atomic mass is 10.1. The number of morpholine rings is 1. The van der Waals surface area contributed by atoms with Crippen LogP contribution < -0.4 is 5.73 Å².